The molecule has 0 heterocycles. The smallest absolute Gasteiger partial charge is 0.329 e. The van der Waals surface area contributed by atoms with Gasteiger partial charge >= 0.3 is 12.0 Å². The van der Waals surface area contributed by atoms with Crippen molar-refractivity contribution in [2.45, 2.75) is 25.7 Å². The Hall–Kier alpha value is -2.57. The van der Waals surface area contributed by atoms with Crippen LogP contribution in [0.2, 0.25) is 5.02 Å². The molecule has 1 aliphatic carbocycles. The van der Waals surface area contributed by atoms with Gasteiger partial charge in [0.05, 0.1) is 18.0 Å². The number of carboxylic acid groups (broad SMARTS) is 1. The molecule has 1 fully saturated rings. The molecule has 0 bridgehead atoms. The number of amides is 2. The Morgan fingerprint density at radius 2 is 1.70 bits per heavy atom. The standard InChI is InChI=1S/C23H27ClN2O4/c24-19-9-11-21(12-10-19)26(20-7-2-1-3-8-20)23(29)25-14-17-5-4-6-18(13-17)15-30-16-22(27)28/h1-3,7-12,17-18H,4-6,13-16H2,(H,25,29)(H,27,28). The number of para-hydroxylation sites is 1. The van der Waals surface area contributed by atoms with Crippen molar-refractivity contribution in [3.63, 3.8) is 0 Å². The quantitative estimate of drug-likeness (QED) is 0.611. The number of nitrogens with one attached hydrogen (secondary N) is 1. The van der Waals surface area contributed by atoms with Gasteiger partial charge in [0.2, 0.25) is 0 Å². The summed E-state index contributed by atoms with van der Waals surface area (Å²) in [6.07, 6.45) is 4.06. The average Bonchev–Trinajstić information content (AvgIpc) is 2.75. The number of urea groups is 1. The third kappa shape index (κ3) is 6.47. The average molecular weight is 431 g/mol. The molecule has 7 heteroatoms. The number of anilines is 2. The molecule has 3 rings (SSSR count). The number of carboxylic acids is 1. The predicted molar refractivity (Wildman–Crippen MR) is 117 cm³/mol. The minimum Gasteiger partial charge on any atom is -0.480 e. The molecule has 0 aliphatic heterocycles. The first kappa shape index (κ1) is 22.1. The second-order valence-corrected chi connectivity index (χ2v) is 8.08. The van der Waals surface area contributed by atoms with E-state index in [0.717, 1.165) is 37.1 Å². The van der Waals surface area contributed by atoms with E-state index < -0.39 is 5.97 Å². The van der Waals surface area contributed by atoms with Crippen molar-refractivity contribution in [1.29, 1.82) is 0 Å². The van der Waals surface area contributed by atoms with Crippen molar-refractivity contribution in [3.05, 3.63) is 59.6 Å². The van der Waals surface area contributed by atoms with Gasteiger partial charge in [0.15, 0.2) is 0 Å². The van der Waals surface area contributed by atoms with Crippen molar-refractivity contribution in [3.8, 4) is 0 Å². The number of hydrogen-bond donors (Lipinski definition) is 2. The van der Waals surface area contributed by atoms with Crippen molar-refractivity contribution < 1.29 is 19.4 Å². The van der Waals surface area contributed by atoms with E-state index in [-0.39, 0.29) is 12.6 Å². The number of halogens is 1. The maximum absolute atomic E-state index is 13.1. The fourth-order valence-electron chi connectivity index (χ4n) is 3.91. The van der Waals surface area contributed by atoms with E-state index in [1.54, 1.807) is 17.0 Å². The van der Waals surface area contributed by atoms with Crippen LogP contribution in [0.3, 0.4) is 0 Å². The normalized spacial score (nSPS) is 18.6. The molecule has 1 aliphatic rings. The van der Waals surface area contributed by atoms with Crippen LogP contribution in [0.4, 0.5) is 16.2 Å². The first-order valence-electron chi connectivity index (χ1n) is 10.2. The van der Waals surface area contributed by atoms with Crippen LogP contribution in [0.1, 0.15) is 25.7 Å². The maximum atomic E-state index is 13.1. The summed E-state index contributed by atoms with van der Waals surface area (Å²) >= 11 is 6.01. The number of ether oxygens (including phenoxy) is 1. The van der Waals surface area contributed by atoms with E-state index >= 15 is 0 Å². The Labute approximate surface area is 181 Å². The maximum Gasteiger partial charge on any atom is 0.329 e. The molecule has 6 nitrogen and oxygen atoms in total. The largest absolute Gasteiger partial charge is 0.480 e. The van der Waals surface area contributed by atoms with Crippen LogP contribution in [-0.2, 0) is 9.53 Å². The minimum absolute atomic E-state index is 0.187. The summed E-state index contributed by atoms with van der Waals surface area (Å²) < 4.78 is 5.27. The van der Waals surface area contributed by atoms with Gasteiger partial charge in [0.25, 0.3) is 0 Å². The summed E-state index contributed by atoms with van der Waals surface area (Å²) in [7, 11) is 0. The molecule has 30 heavy (non-hydrogen) atoms. The highest BCUT2D eigenvalue weighted by atomic mass is 35.5. The summed E-state index contributed by atoms with van der Waals surface area (Å²) in [5.74, 6) is -0.261. The van der Waals surface area contributed by atoms with Gasteiger partial charge in [-0.05, 0) is 67.5 Å². The molecule has 2 atom stereocenters. The molecule has 0 spiro atoms. The van der Waals surface area contributed by atoms with E-state index in [1.165, 1.54) is 0 Å². The van der Waals surface area contributed by atoms with E-state index in [2.05, 4.69) is 5.32 Å². The van der Waals surface area contributed by atoms with Crippen molar-refractivity contribution in [1.82, 2.24) is 5.32 Å². The number of carbonyl (C=O) groups excluding carboxylic acids is 1. The third-order valence-electron chi connectivity index (χ3n) is 5.31. The van der Waals surface area contributed by atoms with Crippen molar-refractivity contribution in [2.75, 3.05) is 24.7 Å². The number of carbonyl (C=O) groups is 2. The number of benzene rings is 2. The molecule has 160 valence electrons. The van der Waals surface area contributed by atoms with Crippen molar-refractivity contribution >= 4 is 35.0 Å². The highest BCUT2D eigenvalue weighted by molar-refractivity contribution is 6.30. The van der Waals surface area contributed by atoms with E-state index in [9.17, 15) is 9.59 Å². The topological polar surface area (TPSA) is 78.9 Å². The highest BCUT2D eigenvalue weighted by Gasteiger charge is 2.24. The summed E-state index contributed by atoms with van der Waals surface area (Å²) in [4.78, 5) is 25.4. The first-order chi connectivity index (χ1) is 14.5. The van der Waals surface area contributed by atoms with Crippen LogP contribution in [0.5, 0.6) is 0 Å². The summed E-state index contributed by atoms with van der Waals surface area (Å²) in [5, 5.41) is 12.4. The second kappa shape index (κ2) is 11.0. The molecular weight excluding hydrogens is 404 g/mol. The van der Waals surface area contributed by atoms with Crippen LogP contribution in [-0.4, -0.2) is 36.9 Å². The summed E-state index contributed by atoms with van der Waals surface area (Å²) in [6.45, 7) is 0.772. The molecule has 2 amide bonds. The Bertz CT molecular complexity index is 829. The lowest BCUT2D eigenvalue weighted by atomic mass is 9.82. The van der Waals surface area contributed by atoms with Gasteiger partial charge in [-0.2, -0.15) is 0 Å². The molecule has 0 saturated heterocycles. The second-order valence-electron chi connectivity index (χ2n) is 7.64. The van der Waals surface area contributed by atoms with Crippen LogP contribution < -0.4 is 10.2 Å². The zero-order chi connectivity index (χ0) is 21.3. The van der Waals surface area contributed by atoms with Gasteiger partial charge < -0.3 is 15.2 Å². The van der Waals surface area contributed by atoms with Crippen LogP contribution in [0.15, 0.2) is 54.6 Å². The van der Waals surface area contributed by atoms with E-state index in [1.807, 2.05) is 42.5 Å². The Kier molecular flexibility index (Phi) is 8.11. The van der Waals surface area contributed by atoms with Crippen LogP contribution >= 0.6 is 11.6 Å². The zero-order valence-electron chi connectivity index (χ0n) is 16.8. The molecular formula is C23H27ClN2O4. The molecule has 0 radical (unpaired) electrons. The Morgan fingerprint density at radius 1 is 1.03 bits per heavy atom. The summed E-state index contributed by atoms with van der Waals surface area (Å²) in [5.41, 5.74) is 1.52. The lowest BCUT2D eigenvalue weighted by Crippen LogP contribution is -2.40. The van der Waals surface area contributed by atoms with Gasteiger partial charge in [-0.1, -0.05) is 36.2 Å². The molecule has 2 aromatic carbocycles. The van der Waals surface area contributed by atoms with E-state index in [4.69, 9.17) is 21.4 Å². The zero-order valence-corrected chi connectivity index (χ0v) is 17.6. The Balaban J connectivity index is 1.60. The molecule has 2 N–H and O–H groups in total. The van der Waals surface area contributed by atoms with E-state index in [0.29, 0.717) is 30.0 Å². The lowest BCUT2D eigenvalue weighted by Gasteiger charge is -2.30. The first-order valence-corrected chi connectivity index (χ1v) is 10.6. The third-order valence-corrected chi connectivity index (χ3v) is 5.57. The molecule has 1 saturated carbocycles. The van der Waals surface area contributed by atoms with Gasteiger partial charge in [0, 0.05) is 11.6 Å². The predicted octanol–water partition coefficient (Wildman–Crippen LogP) is 5.10. The van der Waals surface area contributed by atoms with Gasteiger partial charge in [-0.25, -0.2) is 9.59 Å². The lowest BCUT2D eigenvalue weighted by molar-refractivity contribution is -0.142. The highest BCUT2D eigenvalue weighted by Crippen LogP contribution is 2.30. The SMILES string of the molecule is O=C(O)COCC1CCCC(CNC(=O)N(c2ccccc2)c2ccc(Cl)cc2)C1. The number of nitrogens with zero attached hydrogens (tertiary/aromatic N) is 1. The van der Waals surface area contributed by atoms with Crippen LogP contribution in [0.25, 0.3) is 0 Å². The number of aliphatic carboxylic acids is 1. The van der Waals surface area contributed by atoms with Gasteiger partial charge in [-0.3, -0.25) is 4.90 Å². The van der Waals surface area contributed by atoms with Crippen LogP contribution in [0, 0.1) is 11.8 Å². The number of rotatable bonds is 8. The summed E-state index contributed by atoms with van der Waals surface area (Å²) in [6, 6.07) is 16.5. The Morgan fingerprint density at radius 3 is 2.40 bits per heavy atom. The van der Waals surface area contributed by atoms with Crippen molar-refractivity contribution in [2.24, 2.45) is 11.8 Å². The van der Waals surface area contributed by atoms with Gasteiger partial charge in [0.1, 0.15) is 6.61 Å². The fourth-order valence-corrected chi connectivity index (χ4v) is 4.04. The van der Waals surface area contributed by atoms with Gasteiger partial charge in [-0.15, -0.1) is 0 Å². The monoisotopic (exact) mass is 430 g/mol. The fraction of sp³-hybridized carbons (Fsp3) is 0.391. The molecule has 2 aromatic rings. The number of hydrogen-bond acceptors (Lipinski definition) is 3. The molecule has 0 aromatic heterocycles. The molecule has 2 unspecified atom stereocenters. The minimum atomic E-state index is -0.946.